The molecule has 0 unspecified atom stereocenters. The molecule has 100 valence electrons. The SMILES string of the molecule is CCN(Cc1ccc(OC)c(F)c1)[C@H](C)C(N)=O. The van der Waals surface area contributed by atoms with Crippen LogP contribution in [0, 0.1) is 5.82 Å². The normalized spacial score (nSPS) is 12.5. The third-order valence-electron chi connectivity index (χ3n) is 2.97. The van der Waals surface area contributed by atoms with E-state index in [1.165, 1.54) is 13.2 Å². The van der Waals surface area contributed by atoms with E-state index in [1.54, 1.807) is 19.1 Å². The largest absolute Gasteiger partial charge is 0.494 e. The quantitative estimate of drug-likeness (QED) is 0.837. The molecule has 0 fully saturated rings. The number of carbonyl (C=O) groups is 1. The van der Waals surface area contributed by atoms with Crippen molar-refractivity contribution in [2.75, 3.05) is 13.7 Å². The lowest BCUT2D eigenvalue weighted by Crippen LogP contribution is -2.42. The van der Waals surface area contributed by atoms with Crippen LogP contribution < -0.4 is 10.5 Å². The van der Waals surface area contributed by atoms with Gasteiger partial charge < -0.3 is 10.5 Å². The number of halogens is 1. The number of carbonyl (C=O) groups excluding carboxylic acids is 1. The monoisotopic (exact) mass is 254 g/mol. The molecule has 2 N–H and O–H groups in total. The Bertz CT molecular complexity index is 423. The minimum absolute atomic E-state index is 0.213. The number of ether oxygens (including phenoxy) is 1. The van der Waals surface area contributed by atoms with Crippen LogP contribution in [0.2, 0.25) is 0 Å². The maximum Gasteiger partial charge on any atom is 0.234 e. The van der Waals surface area contributed by atoms with Gasteiger partial charge in [-0.3, -0.25) is 9.69 Å². The molecule has 0 heterocycles. The minimum atomic E-state index is -0.405. The van der Waals surface area contributed by atoms with E-state index in [0.717, 1.165) is 5.56 Å². The third-order valence-corrected chi connectivity index (χ3v) is 2.97. The van der Waals surface area contributed by atoms with Crippen LogP contribution in [0.25, 0.3) is 0 Å². The number of hydrogen-bond acceptors (Lipinski definition) is 3. The maximum atomic E-state index is 13.5. The molecule has 1 aromatic rings. The van der Waals surface area contributed by atoms with Gasteiger partial charge in [-0.15, -0.1) is 0 Å². The molecule has 1 rings (SSSR count). The molecule has 1 aromatic carbocycles. The molecule has 4 nitrogen and oxygen atoms in total. The van der Waals surface area contributed by atoms with E-state index in [-0.39, 0.29) is 17.7 Å². The molecule has 0 spiro atoms. The molecule has 0 aromatic heterocycles. The zero-order valence-electron chi connectivity index (χ0n) is 10.9. The number of rotatable bonds is 6. The summed E-state index contributed by atoms with van der Waals surface area (Å²) in [6, 6.07) is 4.39. The second-order valence-corrected chi connectivity index (χ2v) is 4.11. The Labute approximate surface area is 107 Å². The smallest absolute Gasteiger partial charge is 0.234 e. The highest BCUT2D eigenvalue weighted by Gasteiger charge is 2.17. The van der Waals surface area contributed by atoms with Gasteiger partial charge >= 0.3 is 0 Å². The van der Waals surface area contributed by atoms with E-state index >= 15 is 0 Å². The van der Waals surface area contributed by atoms with Crippen LogP contribution in [0.5, 0.6) is 5.75 Å². The van der Waals surface area contributed by atoms with Gasteiger partial charge in [0.25, 0.3) is 0 Å². The molecular weight excluding hydrogens is 235 g/mol. The Balaban J connectivity index is 2.82. The second-order valence-electron chi connectivity index (χ2n) is 4.11. The third kappa shape index (κ3) is 3.43. The van der Waals surface area contributed by atoms with Gasteiger partial charge in [-0.05, 0) is 31.2 Å². The fourth-order valence-electron chi connectivity index (χ4n) is 1.75. The van der Waals surface area contributed by atoms with Crippen molar-refractivity contribution in [2.45, 2.75) is 26.4 Å². The summed E-state index contributed by atoms with van der Waals surface area (Å²) in [6.07, 6.45) is 0. The average molecular weight is 254 g/mol. The zero-order valence-corrected chi connectivity index (χ0v) is 10.9. The lowest BCUT2D eigenvalue weighted by atomic mass is 10.1. The molecule has 0 saturated heterocycles. The second kappa shape index (κ2) is 6.35. The van der Waals surface area contributed by atoms with Crippen LogP contribution in [0.1, 0.15) is 19.4 Å². The van der Waals surface area contributed by atoms with Crippen LogP contribution in [0.15, 0.2) is 18.2 Å². The Hall–Kier alpha value is -1.62. The van der Waals surface area contributed by atoms with Gasteiger partial charge in [-0.2, -0.15) is 0 Å². The molecule has 1 atom stereocenters. The Morgan fingerprint density at radius 1 is 1.56 bits per heavy atom. The first-order chi connectivity index (χ1) is 8.49. The highest BCUT2D eigenvalue weighted by molar-refractivity contribution is 5.79. The van der Waals surface area contributed by atoms with Crippen molar-refractivity contribution in [3.8, 4) is 5.75 Å². The molecule has 18 heavy (non-hydrogen) atoms. The van der Waals surface area contributed by atoms with Gasteiger partial charge in [0.2, 0.25) is 5.91 Å². The van der Waals surface area contributed by atoms with Crippen LogP contribution >= 0.6 is 0 Å². The molecule has 0 radical (unpaired) electrons. The Morgan fingerprint density at radius 2 is 2.22 bits per heavy atom. The Morgan fingerprint density at radius 3 is 2.67 bits per heavy atom. The fraction of sp³-hybridized carbons (Fsp3) is 0.462. The summed E-state index contributed by atoms with van der Waals surface area (Å²) in [5.74, 6) is -0.576. The van der Waals surface area contributed by atoms with Crippen LogP contribution in [0.3, 0.4) is 0 Å². The average Bonchev–Trinajstić information content (AvgIpc) is 2.35. The van der Waals surface area contributed by atoms with Gasteiger partial charge in [0, 0.05) is 6.54 Å². The van der Waals surface area contributed by atoms with Crippen molar-refractivity contribution in [3.05, 3.63) is 29.6 Å². The summed E-state index contributed by atoms with van der Waals surface area (Å²) < 4.78 is 18.4. The van der Waals surface area contributed by atoms with E-state index in [4.69, 9.17) is 10.5 Å². The summed E-state index contributed by atoms with van der Waals surface area (Å²) in [7, 11) is 1.42. The lowest BCUT2D eigenvalue weighted by molar-refractivity contribution is -0.122. The number of nitrogens with two attached hydrogens (primary N) is 1. The standard InChI is InChI=1S/C13H19FN2O2/c1-4-16(9(2)13(15)17)8-10-5-6-12(18-3)11(14)7-10/h5-7,9H,4,8H2,1-3H3,(H2,15,17)/t9-/m1/s1. The summed E-state index contributed by atoms with van der Waals surface area (Å²) in [5.41, 5.74) is 6.05. The highest BCUT2D eigenvalue weighted by Crippen LogP contribution is 2.19. The number of primary amides is 1. The van der Waals surface area contributed by atoms with Gasteiger partial charge in [0.15, 0.2) is 11.6 Å². The minimum Gasteiger partial charge on any atom is -0.494 e. The molecule has 1 amide bonds. The van der Waals surface area contributed by atoms with E-state index in [1.807, 2.05) is 11.8 Å². The van der Waals surface area contributed by atoms with Crippen molar-refractivity contribution in [3.63, 3.8) is 0 Å². The Kier molecular flexibility index (Phi) is 5.09. The summed E-state index contributed by atoms with van der Waals surface area (Å²) in [4.78, 5) is 13.0. The fourth-order valence-corrected chi connectivity index (χ4v) is 1.75. The van der Waals surface area contributed by atoms with Crippen molar-refractivity contribution in [1.82, 2.24) is 4.90 Å². The number of likely N-dealkylation sites (N-methyl/N-ethyl adjacent to an activating group) is 1. The molecule has 0 saturated carbocycles. The topological polar surface area (TPSA) is 55.6 Å². The van der Waals surface area contributed by atoms with Crippen molar-refractivity contribution in [1.29, 1.82) is 0 Å². The number of hydrogen-bond donors (Lipinski definition) is 1. The lowest BCUT2D eigenvalue weighted by Gasteiger charge is -2.25. The van der Waals surface area contributed by atoms with Crippen molar-refractivity contribution >= 4 is 5.91 Å². The summed E-state index contributed by atoms with van der Waals surface area (Å²) >= 11 is 0. The number of nitrogens with zero attached hydrogens (tertiary/aromatic N) is 1. The van der Waals surface area contributed by atoms with E-state index in [2.05, 4.69) is 0 Å². The van der Waals surface area contributed by atoms with E-state index in [9.17, 15) is 9.18 Å². The van der Waals surface area contributed by atoms with Crippen molar-refractivity contribution < 1.29 is 13.9 Å². The van der Waals surface area contributed by atoms with Gasteiger partial charge in [0.1, 0.15) is 0 Å². The molecule has 0 aliphatic rings. The van der Waals surface area contributed by atoms with Gasteiger partial charge in [0.05, 0.1) is 13.2 Å². The van der Waals surface area contributed by atoms with Crippen LogP contribution in [0.4, 0.5) is 4.39 Å². The predicted octanol–water partition coefficient (Wildman–Crippen LogP) is 1.53. The predicted molar refractivity (Wildman–Crippen MR) is 67.7 cm³/mol. The number of benzene rings is 1. The molecule has 0 aliphatic carbocycles. The van der Waals surface area contributed by atoms with Gasteiger partial charge in [-0.25, -0.2) is 4.39 Å². The van der Waals surface area contributed by atoms with Gasteiger partial charge in [-0.1, -0.05) is 13.0 Å². The first-order valence-electron chi connectivity index (χ1n) is 5.85. The summed E-state index contributed by atoms with van der Waals surface area (Å²) in [6.45, 7) is 4.81. The molecule has 0 bridgehead atoms. The maximum absolute atomic E-state index is 13.5. The first kappa shape index (κ1) is 14.4. The zero-order chi connectivity index (χ0) is 13.7. The number of amides is 1. The molecule has 0 aliphatic heterocycles. The van der Waals surface area contributed by atoms with Crippen LogP contribution in [-0.4, -0.2) is 30.5 Å². The summed E-state index contributed by atoms with van der Waals surface area (Å²) in [5, 5.41) is 0. The molecule has 5 heteroatoms. The molecular formula is C13H19FN2O2. The van der Waals surface area contributed by atoms with E-state index in [0.29, 0.717) is 13.1 Å². The van der Waals surface area contributed by atoms with E-state index < -0.39 is 5.82 Å². The highest BCUT2D eigenvalue weighted by atomic mass is 19.1. The van der Waals surface area contributed by atoms with Crippen molar-refractivity contribution in [2.24, 2.45) is 5.73 Å². The number of methoxy groups -OCH3 is 1. The van der Waals surface area contributed by atoms with Crippen LogP contribution in [-0.2, 0) is 11.3 Å². The first-order valence-corrected chi connectivity index (χ1v) is 5.85.